The zero-order valence-corrected chi connectivity index (χ0v) is 15.4. The Labute approximate surface area is 161 Å². The molecule has 3 heterocycles. The predicted octanol–water partition coefficient (Wildman–Crippen LogP) is 0.614. The van der Waals surface area contributed by atoms with Gasteiger partial charge in [0.25, 0.3) is 11.5 Å². The van der Waals surface area contributed by atoms with Crippen LogP contribution >= 0.6 is 0 Å². The highest BCUT2D eigenvalue weighted by Gasteiger charge is 2.26. The first-order chi connectivity index (χ1) is 13.5. The average Bonchev–Trinajstić information content (AvgIpc) is 2.68. The molecule has 0 aromatic carbocycles. The lowest BCUT2D eigenvalue weighted by molar-refractivity contribution is -0.134. The topological polar surface area (TPSA) is 128 Å². The Balaban J connectivity index is 1.55. The van der Waals surface area contributed by atoms with Crippen LogP contribution in [0.3, 0.4) is 0 Å². The van der Waals surface area contributed by atoms with Gasteiger partial charge in [0.15, 0.2) is 0 Å². The van der Waals surface area contributed by atoms with E-state index < -0.39 is 5.56 Å². The normalized spacial score (nSPS) is 16.6. The third-order valence-electron chi connectivity index (χ3n) is 4.77. The lowest BCUT2D eigenvalue weighted by atomic mass is 9.98. The lowest BCUT2D eigenvalue weighted by Crippen LogP contribution is -2.46. The van der Waals surface area contributed by atoms with E-state index in [1.54, 1.807) is 12.3 Å². The molecule has 28 heavy (non-hydrogen) atoms. The number of pyridine rings is 1. The van der Waals surface area contributed by atoms with Crippen molar-refractivity contribution in [3.63, 3.8) is 0 Å². The van der Waals surface area contributed by atoms with Gasteiger partial charge in [-0.25, -0.2) is 5.10 Å². The minimum atomic E-state index is -0.432. The fraction of sp³-hybridized carbons (Fsp3) is 0.421. The Hall–Kier alpha value is -3.23. The second-order valence-electron chi connectivity index (χ2n) is 6.84. The number of hydrogen-bond acceptors (Lipinski definition) is 6. The van der Waals surface area contributed by atoms with Gasteiger partial charge in [-0.15, -0.1) is 0 Å². The number of piperidine rings is 1. The average molecular weight is 385 g/mol. The van der Waals surface area contributed by atoms with Crippen LogP contribution in [0.1, 0.15) is 41.6 Å². The van der Waals surface area contributed by atoms with Crippen molar-refractivity contribution in [2.45, 2.75) is 38.1 Å². The van der Waals surface area contributed by atoms with Crippen LogP contribution in [0.2, 0.25) is 0 Å². The molecular weight excluding hydrogens is 362 g/mol. The standard InChI is InChI=1S/C19H23N5O4/c25-16-7-13(10-20-12-16)8-18(27)24-6-2-1-3-15(24)4-5-21-19(28)14-9-17(26)23-22-11-14/h7,9-12,15,25H,1-6,8H2,(H,21,28)(H,23,26). The van der Waals surface area contributed by atoms with E-state index in [0.717, 1.165) is 19.3 Å². The third kappa shape index (κ3) is 5.15. The van der Waals surface area contributed by atoms with E-state index in [-0.39, 0.29) is 35.6 Å². The van der Waals surface area contributed by atoms with E-state index >= 15 is 0 Å². The van der Waals surface area contributed by atoms with E-state index in [2.05, 4.69) is 20.5 Å². The summed E-state index contributed by atoms with van der Waals surface area (Å²) in [7, 11) is 0. The molecule has 0 bridgehead atoms. The Morgan fingerprint density at radius 2 is 2.11 bits per heavy atom. The molecule has 1 fully saturated rings. The molecule has 0 saturated carbocycles. The first kappa shape index (κ1) is 19.5. The number of likely N-dealkylation sites (tertiary alicyclic amines) is 1. The molecule has 1 atom stereocenters. The maximum absolute atomic E-state index is 12.7. The largest absolute Gasteiger partial charge is 0.506 e. The van der Waals surface area contributed by atoms with E-state index in [0.29, 0.717) is 25.1 Å². The summed E-state index contributed by atoms with van der Waals surface area (Å²) in [5.74, 6) is -0.335. The number of H-pyrrole nitrogens is 1. The Morgan fingerprint density at radius 1 is 1.25 bits per heavy atom. The lowest BCUT2D eigenvalue weighted by Gasteiger charge is -2.36. The van der Waals surface area contributed by atoms with Crippen LogP contribution in [0, 0.1) is 0 Å². The molecule has 9 nitrogen and oxygen atoms in total. The molecule has 9 heteroatoms. The van der Waals surface area contributed by atoms with Crippen LogP contribution < -0.4 is 10.9 Å². The molecule has 1 aliphatic heterocycles. The number of aromatic hydroxyl groups is 1. The zero-order chi connectivity index (χ0) is 19.9. The van der Waals surface area contributed by atoms with Crippen LogP contribution in [-0.2, 0) is 11.2 Å². The Bertz CT molecular complexity index is 898. The van der Waals surface area contributed by atoms with Gasteiger partial charge in [-0.3, -0.25) is 19.4 Å². The second kappa shape index (κ2) is 9.12. The molecule has 2 aromatic rings. The van der Waals surface area contributed by atoms with E-state index in [9.17, 15) is 19.5 Å². The van der Waals surface area contributed by atoms with Crippen molar-refractivity contribution in [1.29, 1.82) is 0 Å². The van der Waals surface area contributed by atoms with Crippen molar-refractivity contribution in [2.24, 2.45) is 0 Å². The molecule has 0 spiro atoms. The molecule has 148 valence electrons. The first-order valence-corrected chi connectivity index (χ1v) is 9.28. The second-order valence-corrected chi connectivity index (χ2v) is 6.84. The number of aromatic amines is 1. The van der Waals surface area contributed by atoms with Gasteiger partial charge in [-0.05, 0) is 37.3 Å². The van der Waals surface area contributed by atoms with Gasteiger partial charge in [0.05, 0.1) is 24.4 Å². The van der Waals surface area contributed by atoms with Crippen LogP contribution in [0.4, 0.5) is 0 Å². The highest BCUT2D eigenvalue weighted by atomic mass is 16.3. The summed E-state index contributed by atoms with van der Waals surface area (Å²) < 4.78 is 0. The van der Waals surface area contributed by atoms with Crippen molar-refractivity contribution >= 4 is 11.8 Å². The van der Waals surface area contributed by atoms with Gasteiger partial charge in [0, 0.05) is 31.4 Å². The summed E-state index contributed by atoms with van der Waals surface area (Å²) in [4.78, 5) is 41.8. The van der Waals surface area contributed by atoms with E-state index in [4.69, 9.17) is 0 Å². The SMILES string of the molecule is O=C(NCCC1CCCCN1C(=O)Cc1cncc(O)c1)c1cn[nH]c(=O)c1. The number of nitrogens with zero attached hydrogens (tertiary/aromatic N) is 3. The van der Waals surface area contributed by atoms with Crippen LogP contribution in [0.25, 0.3) is 0 Å². The minimum absolute atomic E-state index is 0.0118. The molecular formula is C19H23N5O4. The molecule has 0 aliphatic carbocycles. The Kier molecular flexibility index (Phi) is 6.36. The number of rotatable bonds is 6. The smallest absolute Gasteiger partial charge is 0.264 e. The maximum Gasteiger partial charge on any atom is 0.264 e. The molecule has 1 saturated heterocycles. The number of nitrogens with one attached hydrogen (secondary N) is 2. The molecule has 1 aliphatic rings. The van der Waals surface area contributed by atoms with Crippen LogP contribution in [0.15, 0.2) is 35.5 Å². The highest BCUT2D eigenvalue weighted by Crippen LogP contribution is 2.21. The van der Waals surface area contributed by atoms with Crippen molar-refractivity contribution in [1.82, 2.24) is 25.4 Å². The number of amides is 2. The predicted molar refractivity (Wildman–Crippen MR) is 101 cm³/mol. The van der Waals surface area contributed by atoms with Gasteiger partial charge < -0.3 is 15.3 Å². The van der Waals surface area contributed by atoms with Crippen molar-refractivity contribution in [2.75, 3.05) is 13.1 Å². The molecule has 1 unspecified atom stereocenters. The highest BCUT2D eigenvalue weighted by molar-refractivity contribution is 5.93. The van der Waals surface area contributed by atoms with Gasteiger partial charge in [0.2, 0.25) is 5.91 Å². The van der Waals surface area contributed by atoms with Gasteiger partial charge in [0.1, 0.15) is 5.75 Å². The third-order valence-corrected chi connectivity index (χ3v) is 4.77. The van der Waals surface area contributed by atoms with Crippen molar-refractivity contribution < 1.29 is 14.7 Å². The fourth-order valence-electron chi connectivity index (χ4n) is 3.43. The summed E-state index contributed by atoms with van der Waals surface area (Å²) in [6.45, 7) is 1.08. The van der Waals surface area contributed by atoms with Gasteiger partial charge in [-0.1, -0.05) is 0 Å². The molecule has 0 radical (unpaired) electrons. The summed E-state index contributed by atoms with van der Waals surface area (Å²) in [5.41, 5.74) is 0.444. The number of carbonyl (C=O) groups is 2. The number of aromatic nitrogens is 3. The van der Waals surface area contributed by atoms with Crippen molar-refractivity contribution in [3.05, 3.63) is 52.2 Å². The quantitative estimate of drug-likeness (QED) is 0.668. The summed E-state index contributed by atoms with van der Waals surface area (Å²) in [6, 6.07) is 2.78. The van der Waals surface area contributed by atoms with Crippen molar-refractivity contribution in [3.8, 4) is 5.75 Å². The molecule has 3 N–H and O–H groups in total. The van der Waals surface area contributed by atoms with Crippen LogP contribution in [-0.4, -0.2) is 56.1 Å². The molecule has 2 aromatic heterocycles. The van der Waals surface area contributed by atoms with Crippen LogP contribution in [0.5, 0.6) is 5.75 Å². The first-order valence-electron chi connectivity index (χ1n) is 9.28. The van der Waals surface area contributed by atoms with E-state index in [1.165, 1.54) is 18.5 Å². The molecule has 3 rings (SSSR count). The maximum atomic E-state index is 12.7. The summed E-state index contributed by atoms with van der Waals surface area (Å²) >= 11 is 0. The van der Waals surface area contributed by atoms with E-state index in [1.807, 2.05) is 4.90 Å². The van der Waals surface area contributed by atoms with Gasteiger partial charge in [-0.2, -0.15) is 5.10 Å². The minimum Gasteiger partial charge on any atom is -0.506 e. The summed E-state index contributed by atoms with van der Waals surface area (Å²) in [5, 5.41) is 18.1. The fourth-order valence-corrected chi connectivity index (χ4v) is 3.43. The summed E-state index contributed by atoms with van der Waals surface area (Å²) in [6.07, 6.45) is 7.89. The Morgan fingerprint density at radius 3 is 2.89 bits per heavy atom. The number of hydrogen-bond donors (Lipinski definition) is 3. The molecule has 2 amide bonds. The number of carbonyl (C=O) groups excluding carboxylic acids is 2. The van der Waals surface area contributed by atoms with Gasteiger partial charge >= 0.3 is 0 Å². The monoisotopic (exact) mass is 385 g/mol. The zero-order valence-electron chi connectivity index (χ0n) is 15.4.